The van der Waals surface area contributed by atoms with E-state index in [0.717, 1.165) is 18.3 Å². The van der Waals surface area contributed by atoms with E-state index in [0.29, 0.717) is 28.2 Å². The largest absolute Gasteiger partial charge is 0.337 e. The monoisotopic (exact) mass is 506 g/mol. The van der Waals surface area contributed by atoms with Crippen molar-refractivity contribution in [2.24, 2.45) is 0 Å². The minimum Gasteiger partial charge on any atom is -0.337 e. The Morgan fingerprint density at radius 3 is 2.51 bits per heavy atom. The summed E-state index contributed by atoms with van der Waals surface area (Å²) in [7, 11) is 0. The van der Waals surface area contributed by atoms with Gasteiger partial charge in [-0.1, -0.05) is 18.2 Å². The molecular formula is C26H18F4N6O. The van der Waals surface area contributed by atoms with E-state index in [2.05, 4.69) is 30.2 Å². The van der Waals surface area contributed by atoms with Crippen LogP contribution in [0.1, 0.15) is 17.9 Å². The normalized spacial score (nSPS) is 12.1. The third-order valence-electron chi connectivity index (χ3n) is 5.70. The van der Waals surface area contributed by atoms with E-state index in [-0.39, 0.29) is 16.9 Å². The Hall–Kier alpha value is -4.67. The van der Waals surface area contributed by atoms with Crippen LogP contribution in [0.4, 0.5) is 23.4 Å². The molecule has 0 fully saturated rings. The summed E-state index contributed by atoms with van der Waals surface area (Å²) in [6, 6.07) is 13.3. The SMILES string of the molecule is O=C(Nc1cc(-c2[nH]c3ncc(F)nc3c2-c2ccccn2)ccn1)C(CC(F)F)c1ccc(F)cc1. The van der Waals surface area contributed by atoms with E-state index >= 15 is 0 Å². The number of aromatic nitrogens is 5. The minimum atomic E-state index is -2.76. The van der Waals surface area contributed by atoms with Crippen LogP contribution in [0.2, 0.25) is 0 Å². The first-order chi connectivity index (χ1) is 17.9. The number of alkyl halides is 2. The zero-order chi connectivity index (χ0) is 25.9. The molecule has 4 aromatic heterocycles. The minimum absolute atomic E-state index is 0.0987. The lowest BCUT2D eigenvalue weighted by Crippen LogP contribution is -2.23. The molecular weight excluding hydrogens is 488 g/mol. The van der Waals surface area contributed by atoms with Crippen LogP contribution in [0.15, 0.2) is 73.2 Å². The quantitative estimate of drug-likeness (QED) is 0.275. The van der Waals surface area contributed by atoms with Crippen molar-refractivity contribution in [1.29, 1.82) is 0 Å². The lowest BCUT2D eigenvalue weighted by atomic mass is 9.95. The molecule has 1 atom stereocenters. The number of fused-ring (bicyclic) bond motifs is 1. The molecule has 37 heavy (non-hydrogen) atoms. The Kier molecular flexibility index (Phi) is 6.59. The highest BCUT2D eigenvalue weighted by molar-refractivity contribution is 6.00. The molecule has 0 aliphatic heterocycles. The van der Waals surface area contributed by atoms with Crippen molar-refractivity contribution in [3.8, 4) is 22.5 Å². The molecule has 0 saturated heterocycles. The number of benzene rings is 1. The maximum atomic E-state index is 13.9. The highest BCUT2D eigenvalue weighted by Crippen LogP contribution is 2.36. The number of anilines is 1. The number of hydrogen-bond acceptors (Lipinski definition) is 5. The average Bonchev–Trinajstić information content (AvgIpc) is 3.27. The number of carbonyl (C=O) groups is 1. The summed E-state index contributed by atoms with van der Waals surface area (Å²) in [5.41, 5.74) is 2.89. The second-order valence-electron chi connectivity index (χ2n) is 8.13. The van der Waals surface area contributed by atoms with Crippen LogP contribution in [0.3, 0.4) is 0 Å². The van der Waals surface area contributed by atoms with Gasteiger partial charge in [0.1, 0.15) is 17.2 Å². The van der Waals surface area contributed by atoms with Gasteiger partial charge in [0.2, 0.25) is 18.3 Å². The molecule has 1 amide bonds. The van der Waals surface area contributed by atoms with E-state index in [1.807, 2.05) is 0 Å². The third-order valence-corrected chi connectivity index (χ3v) is 5.70. The van der Waals surface area contributed by atoms with Crippen LogP contribution in [0, 0.1) is 11.8 Å². The Bertz CT molecular complexity index is 1560. The molecule has 0 aliphatic rings. The van der Waals surface area contributed by atoms with Crippen LogP contribution < -0.4 is 5.32 Å². The predicted octanol–water partition coefficient (Wildman–Crippen LogP) is 5.74. The van der Waals surface area contributed by atoms with E-state index in [9.17, 15) is 22.4 Å². The first-order valence-electron chi connectivity index (χ1n) is 11.2. The number of hydrogen-bond donors (Lipinski definition) is 2. The molecule has 0 spiro atoms. The fourth-order valence-corrected chi connectivity index (χ4v) is 4.04. The van der Waals surface area contributed by atoms with Crippen molar-refractivity contribution in [1.82, 2.24) is 24.9 Å². The number of amides is 1. The highest BCUT2D eigenvalue weighted by Gasteiger charge is 2.26. The van der Waals surface area contributed by atoms with Gasteiger partial charge in [0.15, 0.2) is 5.65 Å². The maximum Gasteiger partial charge on any atom is 0.239 e. The van der Waals surface area contributed by atoms with Crippen molar-refractivity contribution < 1.29 is 22.4 Å². The van der Waals surface area contributed by atoms with Crippen molar-refractivity contribution in [2.45, 2.75) is 18.8 Å². The summed E-state index contributed by atoms with van der Waals surface area (Å²) in [5.74, 6) is -3.14. The van der Waals surface area contributed by atoms with Gasteiger partial charge in [-0.25, -0.2) is 28.1 Å². The molecule has 5 rings (SSSR count). The van der Waals surface area contributed by atoms with Gasteiger partial charge in [-0.15, -0.1) is 0 Å². The average molecular weight is 506 g/mol. The molecule has 0 radical (unpaired) electrons. The van der Waals surface area contributed by atoms with E-state index in [1.165, 1.54) is 24.4 Å². The Labute approximate surface area is 207 Å². The molecule has 1 aromatic carbocycles. The standard InChI is InChI=1S/C26H18F4N6O/c27-16-6-4-14(5-7-16)17(12-19(28)29)26(37)35-21-11-15(8-10-32-21)23-22(18-3-1-2-9-31-18)24-25(36-23)33-13-20(30)34-24/h1-11,13,17,19H,12H2,(H,33,36)(H,32,35,37). The maximum absolute atomic E-state index is 13.9. The van der Waals surface area contributed by atoms with E-state index < -0.39 is 36.4 Å². The Morgan fingerprint density at radius 1 is 0.973 bits per heavy atom. The number of nitrogens with one attached hydrogen (secondary N) is 2. The first kappa shape index (κ1) is 24.0. The third kappa shape index (κ3) is 5.15. The first-order valence-corrected chi connectivity index (χ1v) is 11.2. The summed E-state index contributed by atoms with van der Waals surface area (Å²) in [4.78, 5) is 32.6. The van der Waals surface area contributed by atoms with Gasteiger partial charge in [-0.2, -0.15) is 4.39 Å². The van der Waals surface area contributed by atoms with Crippen LogP contribution >= 0.6 is 0 Å². The molecule has 11 heteroatoms. The van der Waals surface area contributed by atoms with Crippen molar-refractivity contribution >= 4 is 22.9 Å². The molecule has 0 bridgehead atoms. The van der Waals surface area contributed by atoms with Crippen molar-refractivity contribution in [3.63, 3.8) is 0 Å². The van der Waals surface area contributed by atoms with Gasteiger partial charge in [-0.3, -0.25) is 9.78 Å². The molecule has 0 aliphatic carbocycles. The number of pyridine rings is 2. The van der Waals surface area contributed by atoms with Crippen molar-refractivity contribution in [2.75, 3.05) is 5.32 Å². The second kappa shape index (κ2) is 10.1. The van der Waals surface area contributed by atoms with Gasteiger partial charge in [-0.05, 0) is 42.0 Å². The molecule has 186 valence electrons. The van der Waals surface area contributed by atoms with Gasteiger partial charge < -0.3 is 10.3 Å². The number of H-pyrrole nitrogens is 1. The summed E-state index contributed by atoms with van der Waals surface area (Å²) in [5, 5.41) is 2.57. The summed E-state index contributed by atoms with van der Waals surface area (Å²) in [6.45, 7) is 0. The summed E-state index contributed by atoms with van der Waals surface area (Å²) >= 11 is 0. The zero-order valence-electron chi connectivity index (χ0n) is 19.0. The van der Waals surface area contributed by atoms with Crippen LogP contribution in [-0.4, -0.2) is 37.3 Å². The van der Waals surface area contributed by atoms with Crippen LogP contribution in [0.25, 0.3) is 33.7 Å². The fraction of sp³-hybridized carbons (Fsp3) is 0.115. The smallest absolute Gasteiger partial charge is 0.239 e. The van der Waals surface area contributed by atoms with E-state index in [4.69, 9.17) is 0 Å². The molecule has 1 unspecified atom stereocenters. The van der Waals surface area contributed by atoms with Crippen LogP contribution in [-0.2, 0) is 4.79 Å². The van der Waals surface area contributed by atoms with Gasteiger partial charge in [0.25, 0.3) is 0 Å². The molecule has 5 aromatic rings. The van der Waals surface area contributed by atoms with Gasteiger partial charge in [0, 0.05) is 24.4 Å². The lowest BCUT2D eigenvalue weighted by molar-refractivity contribution is -0.118. The van der Waals surface area contributed by atoms with Gasteiger partial charge in [0.05, 0.1) is 29.1 Å². The van der Waals surface area contributed by atoms with Crippen LogP contribution in [0.5, 0.6) is 0 Å². The molecule has 4 heterocycles. The number of rotatable bonds is 7. The topological polar surface area (TPSA) is 96.5 Å². The molecule has 2 N–H and O–H groups in total. The summed E-state index contributed by atoms with van der Waals surface area (Å²) < 4.78 is 53.8. The molecule has 7 nitrogen and oxygen atoms in total. The van der Waals surface area contributed by atoms with Gasteiger partial charge >= 0.3 is 0 Å². The lowest BCUT2D eigenvalue weighted by Gasteiger charge is -2.17. The van der Waals surface area contributed by atoms with Crippen molar-refractivity contribution in [3.05, 3.63) is 90.5 Å². The number of nitrogens with zero attached hydrogens (tertiary/aromatic N) is 4. The number of carbonyl (C=O) groups excluding carboxylic acids is 1. The fourth-order valence-electron chi connectivity index (χ4n) is 4.04. The second-order valence-corrected chi connectivity index (χ2v) is 8.13. The summed E-state index contributed by atoms with van der Waals surface area (Å²) in [6.07, 6.45) is 0.502. The number of aromatic amines is 1. The number of halogens is 4. The molecule has 0 saturated carbocycles. The van der Waals surface area contributed by atoms with E-state index in [1.54, 1.807) is 30.5 Å². The Balaban J connectivity index is 1.52. The predicted molar refractivity (Wildman–Crippen MR) is 129 cm³/mol. The highest BCUT2D eigenvalue weighted by atomic mass is 19.3. The Morgan fingerprint density at radius 2 is 1.78 bits per heavy atom. The zero-order valence-corrected chi connectivity index (χ0v) is 19.0.